The van der Waals surface area contributed by atoms with Gasteiger partial charge in [0.15, 0.2) is 6.29 Å². The molecule has 0 amide bonds. The monoisotopic (exact) mass is 266 g/mol. The minimum Gasteiger partial charge on any atom is -0.350 e. The predicted octanol–water partition coefficient (Wildman–Crippen LogP) is 2.80. The summed E-state index contributed by atoms with van der Waals surface area (Å²) < 4.78 is 33.2. The van der Waals surface area contributed by atoms with Crippen molar-refractivity contribution in [2.45, 2.75) is 39.4 Å². The van der Waals surface area contributed by atoms with Gasteiger partial charge in [0.2, 0.25) is 0 Å². The molecular weight excluding hydrogens is 243 g/mol. The first-order valence-corrected chi connectivity index (χ1v) is 8.04. The first-order chi connectivity index (χ1) is 8.20. The van der Waals surface area contributed by atoms with E-state index in [2.05, 4.69) is 0 Å². The lowest BCUT2D eigenvalue weighted by atomic mass is 10.2. The molecule has 1 aliphatic heterocycles. The molecule has 5 nitrogen and oxygen atoms in total. The third-order valence-electron chi connectivity index (χ3n) is 2.46. The quantitative estimate of drug-likeness (QED) is 0.474. The van der Waals surface area contributed by atoms with E-state index in [0.717, 1.165) is 19.3 Å². The molecule has 1 rings (SSSR count). The van der Waals surface area contributed by atoms with E-state index in [9.17, 15) is 4.57 Å². The maximum Gasteiger partial charge on any atom is 0.330 e. The van der Waals surface area contributed by atoms with Crippen molar-refractivity contribution in [3.05, 3.63) is 0 Å². The molecule has 0 atom stereocenters. The Balaban J connectivity index is 2.15. The minimum absolute atomic E-state index is 0.0754. The van der Waals surface area contributed by atoms with Crippen LogP contribution in [-0.2, 0) is 23.1 Å². The van der Waals surface area contributed by atoms with E-state index in [0.29, 0.717) is 32.6 Å². The molecule has 0 aliphatic carbocycles. The van der Waals surface area contributed by atoms with Crippen LogP contribution in [0.1, 0.15) is 33.1 Å². The summed E-state index contributed by atoms with van der Waals surface area (Å²) >= 11 is 0. The SMILES string of the molecule is CCOP(=O)(CCCCC1OCCO1)OCC. The molecule has 102 valence electrons. The highest BCUT2D eigenvalue weighted by Gasteiger charge is 2.23. The molecule has 0 N–H and O–H groups in total. The second kappa shape index (κ2) is 8.22. The van der Waals surface area contributed by atoms with Crippen molar-refractivity contribution in [3.63, 3.8) is 0 Å². The molecule has 0 bridgehead atoms. The van der Waals surface area contributed by atoms with Crippen LogP contribution in [0, 0.1) is 0 Å². The van der Waals surface area contributed by atoms with Crippen LogP contribution in [0.15, 0.2) is 0 Å². The molecule has 0 spiro atoms. The van der Waals surface area contributed by atoms with Crippen LogP contribution in [0.25, 0.3) is 0 Å². The van der Waals surface area contributed by atoms with E-state index in [4.69, 9.17) is 18.5 Å². The van der Waals surface area contributed by atoms with Crippen LogP contribution in [-0.4, -0.2) is 38.9 Å². The second-order valence-electron chi connectivity index (χ2n) is 3.84. The Hall–Kier alpha value is 0.0700. The smallest absolute Gasteiger partial charge is 0.330 e. The van der Waals surface area contributed by atoms with Gasteiger partial charge >= 0.3 is 7.60 Å². The number of hydrogen-bond acceptors (Lipinski definition) is 5. The molecule has 0 radical (unpaired) electrons. The number of unbranched alkanes of at least 4 members (excludes halogenated alkanes) is 1. The summed E-state index contributed by atoms with van der Waals surface area (Å²) in [6.07, 6.45) is 2.96. The molecule has 0 saturated carbocycles. The zero-order valence-corrected chi connectivity index (χ0v) is 11.6. The van der Waals surface area contributed by atoms with Crippen molar-refractivity contribution in [1.29, 1.82) is 0 Å². The van der Waals surface area contributed by atoms with Crippen molar-refractivity contribution >= 4 is 7.60 Å². The lowest BCUT2D eigenvalue weighted by Gasteiger charge is -2.17. The standard InChI is InChI=1S/C11H23O5P/c1-3-15-17(12,16-4-2)10-6-5-7-11-13-8-9-14-11/h11H,3-10H2,1-2H3. The summed E-state index contributed by atoms with van der Waals surface area (Å²) in [6, 6.07) is 0. The first-order valence-electron chi connectivity index (χ1n) is 6.31. The second-order valence-corrected chi connectivity index (χ2v) is 6.02. The van der Waals surface area contributed by atoms with Crippen molar-refractivity contribution in [2.75, 3.05) is 32.6 Å². The first kappa shape index (κ1) is 15.1. The summed E-state index contributed by atoms with van der Waals surface area (Å²) in [4.78, 5) is 0. The molecular formula is C11H23O5P. The van der Waals surface area contributed by atoms with Crippen LogP contribution in [0.4, 0.5) is 0 Å². The van der Waals surface area contributed by atoms with Gasteiger partial charge in [-0.15, -0.1) is 0 Å². The summed E-state index contributed by atoms with van der Waals surface area (Å²) in [5.41, 5.74) is 0. The normalized spacial score (nSPS) is 17.8. The number of rotatable bonds is 9. The summed E-state index contributed by atoms with van der Waals surface area (Å²) in [5, 5.41) is 0. The highest BCUT2D eigenvalue weighted by atomic mass is 31.2. The fraction of sp³-hybridized carbons (Fsp3) is 1.00. The van der Waals surface area contributed by atoms with Crippen LogP contribution < -0.4 is 0 Å². The Kier molecular flexibility index (Phi) is 7.32. The zero-order chi connectivity index (χ0) is 12.6. The van der Waals surface area contributed by atoms with Gasteiger partial charge in [-0.1, -0.05) is 0 Å². The highest BCUT2D eigenvalue weighted by molar-refractivity contribution is 7.53. The third kappa shape index (κ3) is 5.98. The minimum atomic E-state index is -2.86. The zero-order valence-electron chi connectivity index (χ0n) is 10.7. The Morgan fingerprint density at radius 2 is 1.71 bits per heavy atom. The molecule has 17 heavy (non-hydrogen) atoms. The van der Waals surface area contributed by atoms with Crippen molar-refractivity contribution < 1.29 is 23.1 Å². The van der Waals surface area contributed by atoms with Gasteiger partial charge in [0, 0.05) is 0 Å². The van der Waals surface area contributed by atoms with E-state index in [1.54, 1.807) is 0 Å². The Morgan fingerprint density at radius 1 is 1.12 bits per heavy atom. The fourth-order valence-electron chi connectivity index (χ4n) is 1.75. The van der Waals surface area contributed by atoms with Crippen LogP contribution in [0.5, 0.6) is 0 Å². The van der Waals surface area contributed by atoms with E-state index < -0.39 is 7.60 Å². The largest absolute Gasteiger partial charge is 0.350 e. The lowest BCUT2D eigenvalue weighted by Crippen LogP contribution is -2.07. The van der Waals surface area contributed by atoms with E-state index in [-0.39, 0.29) is 6.29 Å². The Labute approximate surface area is 103 Å². The Morgan fingerprint density at radius 3 is 2.24 bits per heavy atom. The van der Waals surface area contributed by atoms with Gasteiger partial charge in [-0.2, -0.15) is 0 Å². The molecule has 1 fully saturated rings. The van der Waals surface area contributed by atoms with Crippen molar-refractivity contribution in [1.82, 2.24) is 0 Å². The lowest BCUT2D eigenvalue weighted by molar-refractivity contribution is -0.0477. The number of hydrogen-bond donors (Lipinski definition) is 0. The maximum atomic E-state index is 12.1. The maximum absolute atomic E-state index is 12.1. The average molecular weight is 266 g/mol. The molecule has 0 aromatic heterocycles. The molecule has 1 saturated heterocycles. The van der Waals surface area contributed by atoms with Gasteiger partial charge in [-0.25, -0.2) is 0 Å². The molecule has 0 unspecified atom stereocenters. The van der Waals surface area contributed by atoms with Crippen LogP contribution in [0.3, 0.4) is 0 Å². The highest BCUT2D eigenvalue weighted by Crippen LogP contribution is 2.48. The van der Waals surface area contributed by atoms with Gasteiger partial charge < -0.3 is 18.5 Å². The molecule has 6 heteroatoms. The average Bonchev–Trinajstić information content (AvgIpc) is 2.78. The summed E-state index contributed by atoms with van der Waals surface area (Å²) in [7, 11) is -2.86. The Bertz CT molecular complexity index is 230. The van der Waals surface area contributed by atoms with Crippen molar-refractivity contribution in [2.24, 2.45) is 0 Å². The topological polar surface area (TPSA) is 54.0 Å². The van der Waals surface area contributed by atoms with E-state index in [1.807, 2.05) is 13.8 Å². The fourth-order valence-corrected chi connectivity index (χ4v) is 3.48. The molecule has 1 aliphatic rings. The molecule has 0 aromatic rings. The van der Waals surface area contributed by atoms with Crippen molar-refractivity contribution in [3.8, 4) is 0 Å². The van der Waals surface area contributed by atoms with Crippen LogP contribution in [0.2, 0.25) is 0 Å². The van der Waals surface area contributed by atoms with Gasteiger partial charge in [0.25, 0.3) is 0 Å². The van der Waals surface area contributed by atoms with Gasteiger partial charge in [0.05, 0.1) is 32.6 Å². The third-order valence-corrected chi connectivity index (χ3v) is 4.63. The van der Waals surface area contributed by atoms with Gasteiger partial charge in [-0.05, 0) is 33.1 Å². The molecule has 0 aromatic carbocycles. The summed E-state index contributed by atoms with van der Waals surface area (Å²) in [6.45, 7) is 5.86. The predicted molar refractivity (Wildman–Crippen MR) is 65.3 cm³/mol. The van der Waals surface area contributed by atoms with Gasteiger partial charge in [-0.3, -0.25) is 4.57 Å². The molecule has 1 heterocycles. The van der Waals surface area contributed by atoms with Crippen LogP contribution >= 0.6 is 7.60 Å². The number of ether oxygens (including phenoxy) is 2. The summed E-state index contributed by atoms with van der Waals surface area (Å²) in [5.74, 6) is 0. The van der Waals surface area contributed by atoms with E-state index >= 15 is 0 Å². The van der Waals surface area contributed by atoms with E-state index in [1.165, 1.54) is 0 Å². The van der Waals surface area contributed by atoms with Gasteiger partial charge in [0.1, 0.15) is 0 Å².